The third-order valence-corrected chi connectivity index (χ3v) is 2.63. The number of urea groups is 1. The number of fused-ring (bicyclic) bond motifs is 1. The standard InChI is InChI=1S/C13H18N2O3/c1-8(2)12-17-10-6-5-9(7-11(10)18-12)14-13(16)15(3)4/h5-8,12H,1-4H3,(H,14,16). The molecule has 0 fully saturated rings. The van der Waals surface area contributed by atoms with E-state index >= 15 is 0 Å². The second kappa shape index (κ2) is 4.76. The molecule has 0 spiro atoms. The van der Waals surface area contributed by atoms with Crippen molar-refractivity contribution in [1.82, 2.24) is 4.90 Å². The minimum absolute atomic E-state index is 0.172. The Morgan fingerprint density at radius 1 is 1.28 bits per heavy atom. The maximum absolute atomic E-state index is 11.5. The fourth-order valence-electron chi connectivity index (χ4n) is 1.56. The molecule has 1 aliphatic heterocycles. The molecule has 0 aliphatic carbocycles. The Labute approximate surface area is 107 Å². The summed E-state index contributed by atoms with van der Waals surface area (Å²) in [7, 11) is 3.38. The van der Waals surface area contributed by atoms with E-state index in [2.05, 4.69) is 5.32 Å². The van der Waals surface area contributed by atoms with E-state index in [1.165, 1.54) is 4.90 Å². The van der Waals surface area contributed by atoms with Gasteiger partial charge in [-0.3, -0.25) is 0 Å². The zero-order valence-corrected chi connectivity index (χ0v) is 11.1. The summed E-state index contributed by atoms with van der Waals surface area (Å²) in [6.07, 6.45) is -0.250. The third-order valence-electron chi connectivity index (χ3n) is 2.63. The Morgan fingerprint density at radius 2 is 1.94 bits per heavy atom. The van der Waals surface area contributed by atoms with Gasteiger partial charge in [-0.2, -0.15) is 0 Å². The number of amides is 2. The number of anilines is 1. The van der Waals surface area contributed by atoms with Crippen molar-refractivity contribution in [3.8, 4) is 11.5 Å². The molecule has 0 aromatic heterocycles. The van der Waals surface area contributed by atoms with Gasteiger partial charge in [-0.1, -0.05) is 13.8 Å². The predicted octanol–water partition coefficient (Wildman–Crippen LogP) is 2.53. The van der Waals surface area contributed by atoms with Gasteiger partial charge < -0.3 is 19.7 Å². The van der Waals surface area contributed by atoms with E-state index < -0.39 is 0 Å². The molecule has 1 aliphatic rings. The van der Waals surface area contributed by atoms with Gasteiger partial charge in [0.2, 0.25) is 6.29 Å². The number of rotatable bonds is 2. The van der Waals surface area contributed by atoms with E-state index in [4.69, 9.17) is 9.47 Å². The third kappa shape index (κ3) is 2.50. The largest absolute Gasteiger partial charge is 0.451 e. The molecule has 0 saturated carbocycles. The van der Waals surface area contributed by atoms with Crippen molar-refractivity contribution in [2.24, 2.45) is 5.92 Å². The summed E-state index contributed by atoms with van der Waals surface area (Å²) in [5.41, 5.74) is 0.695. The molecule has 2 amide bonds. The summed E-state index contributed by atoms with van der Waals surface area (Å²) >= 11 is 0. The number of nitrogens with one attached hydrogen (secondary N) is 1. The molecule has 1 heterocycles. The van der Waals surface area contributed by atoms with Crippen LogP contribution >= 0.6 is 0 Å². The number of ether oxygens (including phenoxy) is 2. The fourth-order valence-corrected chi connectivity index (χ4v) is 1.56. The topological polar surface area (TPSA) is 50.8 Å². The van der Waals surface area contributed by atoms with Crippen molar-refractivity contribution in [2.75, 3.05) is 19.4 Å². The van der Waals surface area contributed by atoms with Crippen molar-refractivity contribution in [3.05, 3.63) is 18.2 Å². The van der Waals surface area contributed by atoms with Crippen LogP contribution in [0.4, 0.5) is 10.5 Å². The van der Waals surface area contributed by atoms with E-state index in [1.54, 1.807) is 26.2 Å². The van der Waals surface area contributed by atoms with E-state index in [0.717, 1.165) is 5.75 Å². The molecular formula is C13H18N2O3. The quantitative estimate of drug-likeness (QED) is 0.877. The smallest absolute Gasteiger partial charge is 0.321 e. The van der Waals surface area contributed by atoms with Crippen molar-refractivity contribution in [2.45, 2.75) is 20.1 Å². The molecule has 1 aromatic rings. The molecule has 1 N–H and O–H groups in total. The molecular weight excluding hydrogens is 232 g/mol. The number of benzene rings is 1. The van der Waals surface area contributed by atoms with E-state index in [-0.39, 0.29) is 18.2 Å². The Hall–Kier alpha value is -1.91. The van der Waals surface area contributed by atoms with Crippen LogP contribution in [-0.2, 0) is 0 Å². The fraction of sp³-hybridized carbons (Fsp3) is 0.462. The zero-order chi connectivity index (χ0) is 13.3. The lowest BCUT2D eigenvalue weighted by Gasteiger charge is -2.13. The van der Waals surface area contributed by atoms with Crippen molar-refractivity contribution in [1.29, 1.82) is 0 Å². The first kappa shape index (κ1) is 12.5. The normalized spacial score (nSPS) is 16.8. The number of carbonyl (C=O) groups is 1. The highest BCUT2D eigenvalue weighted by Crippen LogP contribution is 2.38. The van der Waals surface area contributed by atoms with Gasteiger partial charge in [0.25, 0.3) is 0 Å². The van der Waals surface area contributed by atoms with Crippen molar-refractivity contribution >= 4 is 11.7 Å². The molecule has 5 heteroatoms. The second-order valence-corrected chi connectivity index (χ2v) is 4.83. The molecule has 18 heavy (non-hydrogen) atoms. The Kier molecular flexibility index (Phi) is 3.32. The van der Waals surface area contributed by atoms with Gasteiger partial charge >= 0.3 is 6.03 Å². The van der Waals surface area contributed by atoms with Crippen LogP contribution in [0.5, 0.6) is 11.5 Å². The molecule has 2 rings (SSSR count). The highest BCUT2D eigenvalue weighted by molar-refractivity contribution is 5.89. The van der Waals surface area contributed by atoms with E-state index in [1.807, 2.05) is 19.9 Å². The van der Waals surface area contributed by atoms with Crippen LogP contribution in [-0.4, -0.2) is 31.3 Å². The van der Waals surface area contributed by atoms with Gasteiger partial charge in [0.1, 0.15) is 0 Å². The Morgan fingerprint density at radius 3 is 2.56 bits per heavy atom. The maximum atomic E-state index is 11.5. The van der Waals surface area contributed by atoms with Crippen LogP contribution < -0.4 is 14.8 Å². The van der Waals surface area contributed by atoms with Crippen LogP contribution in [0.25, 0.3) is 0 Å². The summed E-state index contributed by atoms with van der Waals surface area (Å²) < 4.78 is 11.3. The van der Waals surface area contributed by atoms with E-state index in [9.17, 15) is 4.79 Å². The molecule has 1 aromatic carbocycles. The predicted molar refractivity (Wildman–Crippen MR) is 69.0 cm³/mol. The van der Waals surface area contributed by atoms with Gasteiger partial charge in [0.05, 0.1) is 0 Å². The summed E-state index contributed by atoms with van der Waals surface area (Å²) in [5, 5.41) is 2.77. The maximum Gasteiger partial charge on any atom is 0.321 e. The van der Waals surface area contributed by atoms with Gasteiger partial charge in [0, 0.05) is 31.8 Å². The summed E-state index contributed by atoms with van der Waals surface area (Å²) in [4.78, 5) is 13.0. The number of nitrogens with zero attached hydrogens (tertiary/aromatic N) is 1. The first-order valence-electron chi connectivity index (χ1n) is 5.93. The monoisotopic (exact) mass is 250 g/mol. The molecule has 98 valence electrons. The highest BCUT2D eigenvalue weighted by atomic mass is 16.7. The SMILES string of the molecule is CC(C)C1Oc2ccc(NC(=O)N(C)C)cc2O1. The van der Waals surface area contributed by atoms with Crippen LogP contribution in [0, 0.1) is 5.92 Å². The minimum atomic E-state index is -0.250. The van der Waals surface area contributed by atoms with Gasteiger partial charge in [-0.05, 0) is 12.1 Å². The van der Waals surface area contributed by atoms with Crippen LogP contribution in [0.1, 0.15) is 13.8 Å². The number of hydrogen-bond acceptors (Lipinski definition) is 3. The van der Waals surface area contributed by atoms with Crippen molar-refractivity contribution in [3.63, 3.8) is 0 Å². The number of carbonyl (C=O) groups excluding carboxylic acids is 1. The Balaban J connectivity index is 2.11. The lowest BCUT2D eigenvalue weighted by Crippen LogP contribution is -2.27. The van der Waals surface area contributed by atoms with Crippen LogP contribution in [0.3, 0.4) is 0 Å². The zero-order valence-electron chi connectivity index (χ0n) is 11.1. The lowest BCUT2D eigenvalue weighted by molar-refractivity contribution is 0.00912. The average Bonchev–Trinajstić information content (AvgIpc) is 2.71. The number of hydrogen-bond donors (Lipinski definition) is 1. The summed E-state index contributed by atoms with van der Waals surface area (Å²) in [6, 6.07) is 5.21. The molecule has 5 nitrogen and oxygen atoms in total. The van der Waals surface area contributed by atoms with E-state index in [0.29, 0.717) is 11.4 Å². The second-order valence-electron chi connectivity index (χ2n) is 4.83. The van der Waals surface area contributed by atoms with Gasteiger partial charge in [-0.25, -0.2) is 4.79 Å². The van der Waals surface area contributed by atoms with Gasteiger partial charge in [0.15, 0.2) is 11.5 Å². The van der Waals surface area contributed by atoms with Crippen molar-refractivity contribution < 1.29 is 14.3 Å². The molecule has 0 saturated heterocycles. The first-order valence-corrected chi connectivity index (χ1v) is 5.93. The van der Waals surface area contributed by atoms with Gasteiger partial charge in [-0.15, -0.1) is 0 Å². The molecule has 1 unspecified atom stereocenters. The van der Waals surface area contributed by atoms with Crippen LogP contribution in [0.15, 0.2) is 18.2 Å². The summed E-state index contributed by atoms with van der Waals surface area (Å²) in [5.74, 6) is 1.67. The highest BCUT2D eigenvalue weighted by Gasteiger charge is 2.27. The van der Waals surface area contributed by atoms with Crippen LogP contribution in [0.2, 0.25) is 0 Å². The first-order chi connectivity index (χ1) is 8.47. The molecule has 0 radical (unpaired) electrons. The summed E-state index contributed by atoms with van der Waals surface area (Å²) in [6.45, 7) is 4.07. The molecule has 0 bridgehead atoms. The molecule has 1 atom stereocenters. The lowest BCUT2D eigenvalue weighted by atomic mass is 10.2. The minimum Gasteiger partial charge on any atom is -0.451 e. The average molecular weight is 250 g/mol. The Bertz CT molecular complexity index is 458.